The number of anilines is 2. The van der Waals surface area contributed by atoms with Gasteiger partial charge < -0.3 is 25.4 Å². The Kier molecular flexibility index (Phi) is 12.5. The second-order valence-electron chi connectivity index (χ2n) is 9.40. The molecule has 2 aromatic carbocycles. The van der Waals surface area contributed by atoms with Crippen LogP contribution in [0.3, 0.4) is 0 Å². The van der Waals surface area contributed by atoms with E-state index in [1.807, 2.05) is 24.3 Å². The van der Waals surface area contributed by atoms with E-state index in [9.17, 15) is 14.4 Å². The van der Waals surface area contributed by atoms with E-state index in [1.165, 1.54) is 0 Å². The topological polar surface area (TPSA) is 106 Å². The number of halogens is 2. The van der Waals surface area contributed by atoms with E-state index in [1.54, 1.807) is 39.0 Å². The predicted molar refractivity (Wildman–Crippen MR) is 147 cm³/mol. The minimum absolute atomic E-state index is 0.120. The van der Waals surface area contributed by atoms with E-state index in [2.05, 4.69) is 16.0 Å². The molecule has 3 N–H and O–H groups in total. The van der Waals surface area contributed by atoms with Crippen LogP contribution in [0.1, 0.15) is 52.0 Å². The number of unbranched alkanes of at least 4 members (excludes halogenated alkanes) is 3. The van der Waals surface area contributed by atoms with Crippen LogP contribution in [0.2, 0.25) is 10.0 Å². The van der Waals surface area contributed by atoms with Crippen LogP contribution >= 0.6 is 23.2 Å². The van der Waals surface area contributed by atoms with E-state index in [-0.39, 0.29) is 24.8 Å². The Hall–Kier alpha value is -2.97. The summed E-state index contributed by atoms with van der Waals surface area (Å²) in [6.45, 7) is 5.97. The monoisotopic (exact) mass is 551 g/mol. The third-order valence-corrected chi connectivity index (χ3v) is 5.65. The molecule has 0 aliphatic heterocycles. The van der Waals surface area contributed by atoms with Gasteiger partial charge in [-0.1, -0.05) is 53.9 Å². The minimum Gasteiger partial charge on any atom is -0.465 e. The standard InChI is InChI=1S/C27H35Cl2N3O5/c1-27(2,3)37-26(35)31-18-23(33)30-15-8-4-5-9-16-36-24(34)17-19-11-6-7-14-22(19)32-25-20(28)12-10-13-21(25)29/h6-7,10-14,32H,4-5,8-9,15-18H2,1-3H3,(H,30,33)(H,31,35). The van der Waals surface area contributed by atoms with Gasteiger partial charge in [0.25, 0.3) is 0 Å². The molecule has 0 unspecified atom stereocenters. The first kappa shape index (κ1) is 30.3. The number of esters is 1. The molecule has 2 rings (SSSR count). The molecule has 0 aliphatic carbocycles. The molecule has 0 bridgehead atoms. The number of hydrogen-bond donors (Lipinski definition) is 3. The third-order valence-electron chi connectivity index (χ3n) is 5.02. The van der Waals surface area contributed by atoms with Gasteiger partial charge in [-0.15, -0.1) is 0 Å². The molecular weight excluding hydrogens is 517 g/mol. The van der Waals surface area contributed by atoms with Gasteiger partial charge in [0.15, 0.2) is 0 Å². The molecule has 0 saturated carbocycles. The summed E-state index contributed by atoms with van der Waals surface area (Å²) in [5.74, 6) is -0.587. The number of hydrogen-bond acceptors (Lipinski definition) is 6. The van der Waals surface area contributed by atoms with Gasteiger partial charge in [0.1, 0.15) is 5.60 Å². The van der Waals surface area contributed by atoms with E-state index in [0.717, 1.165) is 36.9 Å². The molecule has 2 aromatic rings. The average Bonchev–Trinajstić information content (AvgIpc) is 2.82. The fourth-order valence-electron chi connectivity index (χ4n) is 3.28. The SMILES string of the molecule is CC(C)(C)OC(=O)NCC(=O)NCCCCCCOC(=O)Cc1ccccc1Nc1c(Cl)cccc1Cl. The zero-order valence-corrected chi connectivity index (χ0v) is 23.0. The summed E-state index contributed by atoms with van der Waals surface area (Å²) < 4.78 is 10.5. The maximum atomic E-state index is 12.4. The lowest BCUT2D eigenvalue weighted by atomic mass is 10.1. The molecule has 8 nitrogen and oxygen atoms in total. The highest BCUT2D eigenvalue weighted by Crippen LogP contribution is 2.33. The van der Waals surface area contributed by atoms with Gasteiger partial charge in [0.2, 0.25) is 5.91 Å². The Morgan fingerprint density at radius 1 is 0.865 bits per heavy atom. The van der Waals surface area contributed by atoms with Crippen LogP contribution in [-0.2, 0) is 25.5 Å². The predicted octanol–water partition coefficient (Wildman–Crippen LogP) is 6.02. The maximum Gasteiger partial charge on any atom is 0.408 e. The first-order valence-electron chi connectivity index (χ1n) is 12.2. The zero-order chi connectivity index (χ0) is 27.3. The quantitative estimate of drug-likeness (QED) is 0.207. The largest absolute Gasteiger partial charge is 0.465 e. The van der Waals surface area contributed by atoms with Gasteiger partial charge in [-0.05, 0) is 63.8 Å². The van der Waals surface area contributed by atoms with Gasteiger partial charge >= 0.3 is 12.1 Å². The summed E-state index contributed by atoms with van der Waals surface area (Å²) in [5.41, 5.74) is 1.49. The van der Waals surface area contributed by atoms with Crippen LogP contribution in [0.4, 0.5) is 16.2 Å². The van der Waals surface area contributed by atoms with E-state index >= 15 is 0 Å². The van der Waals surface area contributed by atoms with Crippen molar-refractivity contribution >= 4 is 52.5 Å². The Morgan fingerprint density at radius 2 is 1.54 bits per heavy atom. The van der Waals surface area contributed by atoms with Crippen molar-refractivity contribution in [2.45, 2.75) is 58.5 Å². The Labute approximate surface area is 228 Å². The molecule has 10 heteroatoms. The molecular formula is C27H35Cl2N3O5. The molecule has 0 fully saturated rings. The van der Waals surface area contributed by atoms with Crippen LogP contribution in [0.5, 0.6) is 0 Å². The molecule has 0 aliphatic rings. The lowest BCUT2D eigenvalue weighted by molar-refractivity contribution is -0.143. The second kappa shape index (κ2) is 15.3. The van der Waals surface area contributed by atoms with Crippen LogP contribution < -0.4 is 16.0 Å². The van der Waals surface area contributed by atoms with Crippen molar-refractivity contribution in [3.63, 3.8) is 0 Å². The Bertz CT molecular complexity index is 1040. The number of carbonyl (C=O) groups is 3. The van der Waals surface area contributed by atoms with Crippen molar-refractivity contribution in [3.8, 4) is 0 Å². The molecule has 0 radical (unpaired) electrons. The molecule has 0 aromatic heterocycles. The van der Waals surface area contributed by atoms with E-state index in [4.69, 9.17) is 32.7 Å². The van der Waals surface area contributed by atoms with Gasteiger partial charge in [-0.25, -0.2) is 4.79 Å². The number of benzene rings is 2. The van der Waals surface area contributed by atoms with Crippen molar-refractivity contribution in [2.24, 2.45) is 0 Å². The normalized spacial score (nSPS) is 10.9. The highest BCUT2D eigenvalue weighted by atomic mass is 35.5. The third kappa shape index (κ3) is 12.2. The van der Waals surface area contributed by atoms with Crippen molar-refractivity contribution in [3.05, 3.63) is 58.1 Å². The average molecular weight is 552 g/mol. The molecule has 0 spiro atoms. The summed E-state index contributed by atoms with van der Waals surface area (Å²) >= 11 is 12.5. The maximum absolute atomic E-state index is 12.4. The number of rotatable bonds is 13. The van der Waals surface area contributed by atoms with Crippen LogP contribution in [0.15, 0.2) is 42.5 Å². The number of amides is 2. The Balaban J connectivity index is 1.60. The summed E-state index contributed by atoms with van der Waals surface area (Å²) in [6, 6.07) is 12.7. The van der Waals surface area contributed by atoms with E-state index < -0.39 is 11.7 Å². The first-order valence-corrected chi connectivity index (χ1v) is 13.0. The second-order valence-corrected chi connectivity index (χ2v) is 10.2. The molecule has 37 heavy (non-hydrogen) atoms. The zero-order valence-electron chi connectivity index (χ0n) is 21.5. The number of para-hydroxylation sites is 2. The fourth-order valence-corrected chi connectivity index (χ4v) is 3.77. The van der Waals surface area contributed by atoms with Crippen molar-refractivity contribution in [1.82, 2.24) is 10.6 Å². The fraction of sp³-hybridized carbons (Fsp3) is 0.444. The first-order chi connectivity index (χ1) is 17.5. The van der Waals surface area contributed by atoms with Gasteiger partial charge in [-0.2, -0.15) is 0 Å². The molecule has 202 valence electrons. The summed E-state index contributed by atoms with van der Waals surface area (Å²) in [7, 11) is 0. The summed E-state index contributed by atoms with van der Waals surface area (Å²) in [5, 5.41) is 9.36. The van der Waals surface area contributed by atoms with E-state index in [0.29, 0.717) is 28.9 Å². The minimum atomic E-state index is -0.623. The van der Waals surface area contributed by atoms with Crippen molar-refractivity contribution in [2.75, 3.05) is 25.0 Å². The molecule has 0 heterocycles. The van der Waals surface area contributed by atoms with Crippen LogP contribution in [-0.4, -0.2) is 43.3 Å². The van der Waals surface area contributed by atoms with Crippen LogP contribution in [0.25, 0.3) is 0 Å². The van der Waals surface area contributed by atoms with Gasteiger partial charge in [0, 0.05) is 12.2 Å². The Morgan fingerprint density at radius 3 is 2.24 bits per heavy atom. The highest BCUT2D eigenvalue weighted by molar-refractivity contribution is 6.39. The number of alkyl carbamates (subject to hydrolysis) is 1. The smallest absolute Gasteiger partial charge is 0.408 e. The summed E-state index contributed by atoms with van der Waals surface area (Å²) in [6.07, 6.45) is 2.76. The number of ether oxygens (including phenoxy) is 2. The van der Waals surface area contributed by atoms with Crippen molar-refractivity contribution in [1.29, 1.82) is 0 Å². The van der Waals surface area contributed by atoms with Gasteiger partial charge in [0.05, 0.1) is 35.3 Å². The molecule has 0 atom stereocenters. The lowest BCUT2D eigenvalue weighted by Gasteiger charge is -2.19. The van der Waals surface area contributed by atoms with Gasteiger partial charge in [-0.3, -0.25) is 9.59 Å². The number of nitrogens with one attached hydrogen (secondary N) is 3. The molecule has 2 amide bonds. The summed E-state index contributed by atoms with van der Waals surface area (Å²) in [4.78, 5) is 35.7. The highest BCUT2D eigenvalue weighted by Gasteiger charge is 2.16. The van der Waals surface area contributed by atoms with Crippen molar-refractivity contribution < 1.29 is 23.9 Å². The number of carbonyl (C=O) groups excluding carboxylic acids is 3. The lowest BCUT2D eigenvalue weighted by Crippen LogP contribution is -2.39. The molecule has 0 saturated heterocycles. The van der Waals surface area contributed by atoms with Crippen LogP contribution in [0, 0.1) is 0 Å².